The molecule has 164 valence electrons. The van der Waals surface area contributed by atoms with E-state index in [0.717, 1.165) is 20.5 Å². The van der Waals surface area contributed by atoms with E-state index in [1.165, 1.54) is 0 Å². The average Bonchev–Trinajstić information content (AvgIpc) is 2.96. The van der Waals surface area contributed by atoms with E-state index in [2.05, 4.69) is 40.4 Å². The SMILES string of the molecule is CC[C@@H](NC(=O)CN1C(=O)N[C@@](C)(c2ccc(C(C)C)cc2)C1=O)c1ccc(Br)cc1. The maximum Gasteiger partial charge on any atom is 0.325 e. The van der Waals surface area contributed by atoms with Crippen molar-refractivity contribution in [3.05, 3.63) is 69.7 Å². The number of urea groups is 1. The van der Waals surface area contributed by atoms with Crippen molar-refractivity contribution in [2.24, 2.45) is 0 Å². The summed E-state index contributed by atoms with van der Waals surface area (Å²) in [5.41, 5.74) is 1.62. The topological polar surface area (TPSA) is 78.5 Å². The molecule has 0 unspecified atom stereocenters. The van der Waals surface area contributed by atoms with Gasteiger partial charge in [0, 0.05) is 4.47 Å². The highest BCUT2D eigenvalue weighted by molar-refractivity contribution is 9.10. The fourth-order valence-electron chi connectivity index (χ4n) is 3.74. The van der Waals surface area contributed by atoms with Crippen LogP contribution >= 0.6 is 15.9 Å². The van der Waals surface area contributed by atoms with E-state index in [-0.39, 0.29) is 18.5 Å². The van der Waals surface area contributed by atoms with Gasteiger partial charge < -0.3 is 10.6 Å². The number of nitrogens with zero attached hydrogens (tertiary/aromatic N) is 1. The third-order valence-electron chi connectivity index (χ3n) is 5.75. The van der Waals surface area contributed by atoms with Crippen LogP contribution < -0.4 is 10.6 Å². The third-order valence-corrected chi connectivity index (χ3v) is 6.28. The first-order chi connectivity index (χ1) is 14.7. The number of hydrogen-bond donors (Lipinski definition) is 2. The van der Waals surface area contributed by atoms with Crippen molar-refractivity contribution in [3.63, 3.8) is 0 Å². The molecule has 0 bridgehead atoms. The van der Waals surface area contributed by atoms with Crippen LogP contribution in [0.2, 0.25) is 0 Å². The molecule has 3 rings (SSSR count). The summed E-state index contributed by atoms with van der Waals surface area (Å²) in [7, 11) is 0. The maximum atomic E-state index is 13.1. The Morgan fingerprint density at radius 3 is 2.19 bits per heavy atom. The standard InChI is InChI=1S/C24H28BrN3O3/c1-5-20(17-8-12-19(25)13-9-17)26-21(29)14-28-22(30)24(4,27-23(28)31)18-10-6-16(7-11-18)15(2)3/h6-13,15,20H,5,14H2,1-4H3,(H,26,29)(H,27,31)/t20-,24+/m1/s1. The predicted octanol–water partition coefficient (Wildman–Crippen LogP) is 4.61. The number of amides is 4. The first kappa shape index (κ1) is 23.0. The van der Waals surface area contributed by atoms with Gasteiger partial charge in [-0.15, -0.1) is 0 Å². The van der Waals surface area contributed by atoms with Gasteiger partial charge in [0.15, 0.2) is 0 Å². The van der Waals surface area contributed by atoms with Gasteiger partial charge in [-0.2, -0.15) is 0 Å². The number of imide groups is 1. The van der Waals surface area contributed by atoms with Crippen LogP contribution in [0.1, 0.15) is 62.8 Å². The lowest BCUT2D eigenvalue weighted by atomic mass is 9.90. The zero-order valence-corrected chi connectivity index (χ0v) is 19.8. The van der Waals surface area contributed by atoms with Crippen molar-refractivity contribution < 1.29 is 14.4 Å². The Balaban J connectivity index is 1.71. The number of rotatable bonds is 7. The molecule has 1 aliphatic rings. The van der Waals surface area contributed by atoms with Gasteiger partial charge in [0.25, 0.3) is 5.91 Å². The van der Waals surface area contributed by atoms with E-state index >= 15 is 0 Å². The van der Waals surface area contributed by atoms with E-state index in [1.54, 1.807) is 6.92 Å². The summed E-state index contributed by atoms with van der Waals surface area (Å²) in [6.45, 7) is 7.51. The van der Waals surface area contributed by atoms with Crippen LogP contribution in [0.4, 0.5) is 4.79 Å². The van der Waals surface area contributed by atoms with Crippen molar-refractivity contribution >= 4 is 33.8 Å². The molecule has 2 N–H and O–H groups in total. The van der Waals surface area contributed by atoms with Crippen LogP contribution in [-0.2, 0) is 15.1 Å². The van der Waals surface area contributed by atoms with Crippen molar-refractivity contribution in [3.8, 4) is 0 Å². The van der Waals surface area contributed by atoms with Crippen LogP contribution in [0.3, 0.4) is 0 Å². The third kappa shape index (κ3) is 4.82. The fourth-order valence-corrected chi connectivity index (χ4v) is 4.00. The molecule has 1 aliphatic heterocycles. The molecule has 0 aliphatic carbocycles. The summed E-state index contributed by atoms with van der Waals surface area (Å²) in [6.07, 6.45) is 0.688. The molecule has 1 saturated heterocycles. The van der Waals surface area contributed by atoms with Crippen molar-refractivity contribution in [2.75, 3.05) is 6.54 Å². The second-order valence-electron chi connectivity index (χ2n) is 8.30. The van der Waals surface area contributed by atoms with Gasteiger partial charge >= 0.3 is 6.03 Å². The highest BCUT2D eigenvalue weighted by atomic mass is 79.9. The smallest absolute Gasteiger partial charge is 0.325 e. The highest BCUT2D eigenvalue weighted by Gasteiger charge is 2.49. The van der Waals surface area contributed by atoms with Crippen LogP contribution in [0.25, 0.3) is 0 Å². The summed E-state index contributed by atoms with van der Waals surface area (Å²) >= 11 is 3.40. The molecule has 2 aromatic rings. The summed E-state index contributed by atoms with van der Waals surface area (Å²) in [5, 5.41) is 5.69. The Bertz CT molecular complexity index is 973. The van der Waals surface area contributed by atoms with E-state index in [4.69, 9.17) is 0 Å². The fraction of sp³-hybridized carbons (Fsp3) is 0.375. The lowest BCUT2D eigenvalue weighted by molar-refractivity contribution is -0.135. The Labute approximate surface area is 191 Å². The van der Waals surface area contributed by atoms with Crippen molar-refractivity contribution in [1.82, 2.24) is 15.5 Å². The second kappa shape index (κ2) is 9.22. The number of benzene rings is 2. The van der Waals surface area contributed by atoms with Gasteiger partial charge in [-0.3, -0.25) is 14.5 Å². The van der Waals surface area contributed by atoms with E-state index in [1.807, 2.05) is 55.5 Å². The number of halogens is 1. The first-order valence-corrected chi connectivity index (χ1v) is 11.2. The molecule has 31 heavy (non-hydrogen) atoms. The van der Waals surface area contributed by atoms with E-state index < -0.39 is 17.5 Å². The largest absolute Gasteiger partial charge is 0.348 e. The molecule has 7 heteroatoms. The van der Waals surface area contributed by atoms with Crippen LogP contribution in [0.15, 0.2) is 53.0 Å². The summed E-state index contributed by atoms with van der Waals surface area (Å²) in [6, 6.07) is 14.6. The van der Waals surface area contributed by atoms with Crippen molar-refractivity contribution in [2.45, 2.75) is 51.6 Å². The number of hydrogen-bond acceptors (Lipinski definition) is 3. The minimum absolute atomic E-state index is 0.198. The Kier molecular flexibility index (Phi) is 6.84. The van der Waals surface area contributed by atoms with E-state index in [0.29, 0.717) is 17.9 Å². The monoisotopic (exact) mass is 485 g/mol. The van der Waals surface area contributed by atoms with Gasteiger partial charge in [0.05, 0.1) is 6.04 Å². The number of carbonyl (C=O) groups is 3. The Morgan fingerprint density at radius 1 is 1.06 bits per heavy atom. The molecule has 2 atom stereocenters. The Morgan fingerprint density at radius 2 is 1.65 bits per heavy atom. The Hall–Kier alpha value is -2.67. The van der Waals surface area contributed by atoms with Gasteiger partial charge in [-0.1, -0.05) is 73.1 Å². The zero-order chi connectivity index (χ0) is 22.8. The second-order valence-corrected chi connectivity index (χ2v) is 9.22. The molecule has 2 aromatic carbocycles. The molecule has 0 saturated carbocycles. The van der Waals surface area contributed by atoms with Gasteiger partial charge in [0.2, 0.25) is 5.91 Å². The van der Waals surface area contributed by atoms with Crippen LogP contribution in [0.5, 0.6) is 0 Å². The molecule has 0 aromatic heterocycles. The average molecular weight is 486 g/mol. The molecule has 0 spiro atoms. The molecular weight excluding hydrogens is 458 g/mol. The number of carbonyl (C=O) groups excluding carboxylic acids is 3. The minimum Gasteiger partial charge on any atom is -0.348 e. The molecule has 0 radical (unpaired) electrons. The molecule has 4 amide bonds. The normalized spacial score (nSPS) is 19.5. The summed E-state index contributed by atoms with van der Waals surface area (Å²) in [4.78, 5) is 39.3. The predicted molar refractivity (Wildman–Crippen MR) is 123 cm³/mol. The lowest BCUT2D eigenvalue weighted by Crippen LogP contribution is -2.43. The number of nitrogens with one attached hydrogen (secondary N) is 2. The lowest BCUT2D eigenvalue weighted by Gasteiger charge is -2.23. The highest BCUT2D eigenvalue weighted by Crippen LogP contribution is 2.30. The van der Waals surface area contributed by atoms with Crippen molar-refractivity contribution in [1.29, 1.82) is 0 Å². The van der Waals surface area contributed by atoms with Gasteiger partial charge in [0.1, 0.15) is 12.1 Å². The molecule has 6 nitrogen and oxygen atoms in total. The van der Waals surface area contributed by atoms with Crippen LogP contribution in [-0.4, -0.2) is 29.3 Å². The minimum atomic E-state index is -1.19. The quantitative estimate of drug-likeness (QED) is 0.562. The maximum absolute atomic E-state index is 13.1. The first-order valence-electron chi connectivity index (χ1n) is 10.4. The molecule has 1 fully saturated rings. The molecular formula is C24H28BrN3O3. The zero-order valence-electron chi connectivity index (χ0n) is 18.2. The summed E-state index contributed by atoms with van der Waals surface area (Å²) < 4.78 is 0.956. The van der Waals surface area contributed by atoms with Gasteiger partial charge in [-0.25, -0.2) is 4.79 Å². The van der Waals surface area contributed by atoms with E-state index in [9.17, 15) is 14.4 Å². The molecule has 1 heterocycles. The van der Waals surface area contributed by atoms with Gasteiger partial charge in [-0.05, 0) is 48.1 Å². The van der Waals surface area contributed by atoms with Crippen LogP contribution in [0, 0.1) is 0 Å². The summed E-state index contributed by atoms with van der Waals surface area (Å²) in [5.74, 6) is -0.438.